The van der Waals surface area contributed by atoms with Crippen LogP contribution in [0.5, 0.6) is 0 Å². The molecule has 0 amide bonds. The van der Waals surface area contributed by atoms with E-state index in [4.69, 9.17) is 4.42 Å². The second kappa shape index (κ2) is 5.63. The van der Waals surface area contributed by atoms with Crippen molar-refractivity contribution < 1.29 is 4.42 Å². The van der Waals surface area contributed by atoms with Crippen molar-refractivity contribution in [3.63, 3.8) is 0 Å². The number of hydrogen-bond acceptors (Lipinski definition) is 1. The third kappa shape index (κ3) is 2.13. The molecule has 2 heterocycles. The van der Waals surface area contributed by atoms with Crippen LogP contribution in [0.1, 0.15) is 43.6 Å². The third-order valence-corrected chi connectivity index (χ3v) is 6.61. The monoisotopic (exact) mass is 353 g/mol. The molecular formula is C25H23NO. The first-order valence-corrected chi connectivity index (χ1v) is 10.1. The van der Waals surface area contributed by atoms with Gasteiger partial charge < -0.3 is 8.98 Å². The van der Waals surface area contributed by atoms with Crippen molar-refractivity contribution in [3.05, 3.63) is 60.2 Å². The van der Waals surface area contributed by atoms with Gasteiger partial charge in [-0.25, -0.2) is 0 Å². The molecule has 5 aromatic rings. The zero-order valence-corrected chi connectivity index (χ0v) is 15.7. The molecule has 0 bridgehead atoms. The number of fused-ring (bicyclic) bond motifs is 6. The lowest BCUT2D eigenvalue weighted by Crippen LogP contribution is -2.04. The van der Waals surface area contributed by atoms with Crippen molar-refractivity contribution in [1.82, 2.24) is 4.57 Å². The fourth-order valence-electron chi connectivity index (χ4n) is 5.25. The van der Waals surface area contributed by atoms with Gasteiger partial charge >= 0.3 is 0 Å². The molecule has 0 unspecified atom stereocenters. The molecule has 27 heavy (non-hydrogen) atoms. The Balaban J connectivity index is 1.74. The molecule has 1 aliphatic carbocycles. The molecule has 2 heteroatoms. The van der Waals surface area contributed by atoms with E-state index >= 15 is 0 Å². The van der Waals surface area contributed by atoms with Crippen LogP contribution in [0, 0.1) is 0 Å². The van der Waals surface area contributed by atoms with E-state index in [0.29, 0.717) is 5.92 Å². The van der Waals surface area contributed by atoms with Gasteiger partial charge in [0.15, 0.2) is 0 Å². The minimum absolute atomic E-state index is 0.699. The maximum Gasteiger partial charge on any atom is 0.137 e. The van der Waals surface area contributed by atoms with Gasteiger partial charge in [0, 0.05) is 40.2 Å². The molecule has 0 atom stereocenters. The third-order valence-electron chi connectivity index (χ3n) is 6.61. The van der Waals surface area contributed by atoms with E-state index in [-0.39, 0.29) is 0 Å². The first-order valence-electron chi connectivity index (χ1n) is 10.1. The number of nitrogens with zero attached hydrogens (tertiary/aromatic N) is 1. The molecule has 0 aliphatic heterocycles. The molecule has 3 aromatic carbocycles. The van der Waals surface area contributed by atoms with Crippen LogP contribution in [0.15, 0.2) is 59.0 Å². The maximum absolute atomic E-state index is 6.14. The zero-order valence-electron chi connectivity index (χ0n) is 15.7. The van der Waals surface area contributed by atoms with Gasteiger partial charge in [-0.1, -0.05) is 49.6 Å². The Morgan fingerprint density at radius 3 is 2.52 bits per heavy atom. The Morgan fingerprint density at radius 1 is 0.778 bits per heavy atom. The number of furan rings is 1. The van der Waals surface area contributed by atoms with Gasteiger partial charge in [-0.05, 0) is 42.5 Å². The second-order valence-electron chi connectivity index (χ2n) is 8.10. The largest absolute Gasteiger partial charge is 0.456 e. The lowest BCUT2D eigenvalue weighted by molar-refractivity contribution is 0.445. The van der Waals surface area contributed by atoms with Crippen molar-refractivity contribution in [2.45, 2.75) is 38.0 Å². The molecule has 2 aromatic heterocycles. The smallest absolute Gasteiger partial charge is 0.137 e. The van der Waals surface area contributed by atoms with Crippen molar-refractivity contribution in [1.29, 1.82) is 0 Å². The van der Waals surface area contributed by atoms with E-state index in [0.717, 1.165) is 11.2 Å². The highest BCUT2D eigenvalue weighted by Crippen LogP contribution is 2.42. The normalized spacial score (nSPS) is 16.2. The second-order valence-corrected chi connectivity index (χ2v) is 8.10. The Labute approximate surface area is 158 Å². The first-order chi connectivity index (χ1) is 13.3. The Hall–Kier alpha value is -2.74. The average molecular weight is 353 g/mol. The molecule has 6 rings (SSSR count). The Kier molecular flexibility index (Phi) is 3.19. The fraction of sp³-hybridized carbons (Fsp3) is 0.280. The van der Waals surface area contributed by atoms with Gasteiger partial charge in [0.05, 0.1) is 5.52 Å². The van der Waals surface area contributed by atoms with Gasteiger partial charge in [0.25, 0.3) is 0 Å². The van der Waals surface area contributed by atoms with Crippen LogP contribution >= 0.6 is 0 Å². The van der Waals surface area contributed by atoms with Gasteiger partial charge in [-0.3, -0.25) is 0 Å². The molecule has 1 fully saturated rings. The summed E-state index contributed by atoms with van der Waals surface area (Å²) in [5.41, 5.74) is 6.10. The highest BCUT2D eigenvalue weighted by atomic mass is 16.3. The minimum Gasteiger partial charge on any atom is -0.456 e. The summed E-state index contributed by atoms with van der Waals surface area (Å²) in [6.45, 7) is 0. The van der Waals surface area contributed by atoms with Crippen LogP contribution in [0.2, 0.25) is 0 Å². The van der Waals surface area contributed by atoms with E-state index in [2.05, 4.69) is 60.1 Å². The van der Waals surface area contributed by atoms with E-state index in [1.807, 2.05) is 6.07 Å². The summed E-state index contributed by atoms with van der Waals surface area (Å²) in [6.07, 6.45) is 6.77. The molecule has 1 aliphatic rings. The lowest BCUT2D eigenvalue weighted by atomic mass is 9.82. The highest BCUT2D eigenvalue weighted by Gasteiger charge is 2.21. The number of hydrogen-bond donors (Lipinski definition) is 0. The average Bonchev–Trinajstić information content (AvgIpc) is 3.22. The predicted molar refractivity (Wildman–Crippen MR) is 114 cm³/mol. The van der Waals surface area contributed by atoms with Crippen LogP contribution in [-0.4, -0.2) is 4.57 Å². The lowest BCUT2D eigenvalue weighted by Gasteiger charge is -2.23. The summed E-state index contributed by atoms with van der Waals surface area (Å²) in [6, 6.07) is 19.8. The minimum atomic E-state index is 0.699. The number of aromatic nitrogens is 1. The number of rotatable bonds is 1. The summed E-state index contributed by atoms with van der Waals surface area (Å²) >= 11 is 0. The van der Waals surface area contributed by atoms with Crippen molar-refractivity contribution in [2.24, 2.45) is 7.05 Å². The molecule has 0 radical (unpaired) electrons. The van der Waals surface area contributed by atoms with Crippen LogP contribution in [0.3, 0.4) is 0 Å². The summed E-state index contributed by atoms with van der Waals surface area (Å²) in [7, 11) is 2.18. The van der Waals surface area contributed by atoms with Gasteiger partial charge in [0.1, 0.15) is 11.2 Å². The SMILES string of the molecule is Cn1c2cc3oc4ccccc4c3cc2c2c(C3CCCCC3)cccc21. The highest BCUT2D eigenvalue weighted by molar-refractivity contribution is 6.17. The number of aryl methyl sites for hydroxylation is 1. The molecule has 134 valence electrons. The van der Waals surface area contributed by atoms with Gasteiger partial charge in [-0.15, -0.1) is 0 Å². The quantitative estimate of drug-likeness (QED) is 0.310. The van der Waals surface area contributed by atoms with E-state index in [1.165, 1.54) is 64.7 Å². The maximum atomic E-state index is 6.14. The van der Waals surface area contributed by atoms with Crippen LogP contribution < -0.4 is 0 Å². The molecular weight excluding hydrogens is 330 g/mol. The molecule has 0 saturated heterocycles. The Bertz CT molecular complexity index is 1310. The zero-order chi connectivity index (χ0) is 18.0. The van der Waals surface area contributed by atoms with E-state index < -0.39 is 0 Å². The summed E-state index contributed by atoms with van der Waals surface area (Å²) in [5.74, 6) is 0.699. The van der Waals surface area contributed by atoms with Gasteiger partial charge in [-0.2, -0.15) is 0 Å². The number of benzene rings is 3. The summed E-state index contributed by atoms with van der Waals surface area (Å²) in [4.78, 5) is 0. The van der Waals surface area contributed by atoms with Crippen molar-refractivity contribution in [3.8, 4) is 0 Å². The van der Waals surface area contributed by atoms with Crippen LogP contribution in [-0.2, 0) is 7.05 Å². The summed E-state index contributed by atoms with van der Waals surface area (Å²) in [5, 5.41) is 5.26. The van der Waals surface area contributed by atoms with Crippen LogP contribution in [0.25, 0.3) is 43.7 Å². The number of para-hydroxylation sites is 1. The Morgan fingerprint density at radius 2 is 1.63 bits per heavy atom. The topological polar surface area (TPSA) is 18.1 Å². The molecule has 0 N–H and O–H groups in total. The first kappa shape index (κ1) is 15.3. The van der Waals surface area contributed by atoms with Gasteiger partial charge in [0.2, 0.25) is 0 Å². The molecule has 0 spiro atoms. The summed E-state index contributed by atoms with van der Waals surface area (Å²) < 4.78 is 8.48. The van der Waals surface area contributed by atoms with Crippen molar-refractivity contribution >= 4 is 43.7 Å². The van der Waals surface area contributed by atoms with E-state index in [9.17, 15) is 0 Å². The molecule has 1 saturated carbocycles. The molecule has 2 nitrogen and oxygen atoms in total. The standard InChI is InChI=1S/C25H23NO/c1-26-21-12-7-11-17(16-8-3-2-4-9-16)25(21)20-14-19-18-10-5-6-13-23(18)27-24(19)15-22(20)26/h5-7,10-16H,2-4,8-9H2,1H3. The van der Waals surface area contributed by atoms with Crippen molar-refractivity contribution in [2.75, 3.05) is 0 Å². The predicted octanol–water partition coefficient (Wildman–Crippen LogP) is 7.28. The fourth-order valence-corrected chi connectivity index (χ4v) is 5.25. The van der Waals surface area contributed by atoms with Crippen LogP contribution in [0.4, 0.5) is 0 Å². The van der Waals surface area contributed by atoms with E-state index in [1.54, 1.807) is 5.56 Å².